The third kappa shape index (κ3) is 2.66. The number of carboxylic acids is 1. The number of carboxylic acid groups (broad SMARTS) is 1. The predicted octanol–water partition coefficient (Wildman–Crippen LogP) is 2.66. The molecule has 1 aromatic carbocycles. The summed E-state index contributed by atoms with van der Waals surface area (Å²) in [5, 5.41) is 16.7. The molecule has 2 aromatic rings. The second-order valence-corrected chi connectivity index (χ2v) is 4.96. The van der Waals surface area contributed by atoms with Gasteiger partial charge in [0.25, 0.3) is 0 Å². The van der Waals surface area contributed by atoms with E-state index in [1.54, 1.807) is 18.2 Å². The van der Waals surface area contributed by atoms with Gasteiger partial charge < -0.3 is 10.4 Å². The minimum Gasteiger partial charge on any atom is -0.478 e. The summed E-state index contributed by atoms with van der Waals surface area (Å²) in [6, 6.07) is 5.09. The van der Waals surface area contributed by atoms with Crippen LogP contribution in [-0.4, -0.2) is 20.9 Å². The van der Waals surface area contributed by atoms with Gasteiger partial charge in [0, 0.05) is 30.5 Å². The van der Waals surface area contributed by atoms with Gasteiger partial charge in [0.05, 0.1) is 11.3 Å². The van der Waals surface area contributed by atoms with Crippen LogP contribution in [0.4, 0.5) is 5.69 Å². The molecule has 20 heavy (non-hydrogen) atoms. The van der Waals surface area contributed by atoms with Gasteiger partial charge in [-0.05, 0) is 44.5 Å². The highest BCUT2D eigenvalue weighted by Gasteiger charge is 2.10. The lowest BCUT2D eigenvalue weighted by Gasteiger charge is -2.10. The Labute approximate surface area is 118 Å². The van der Waals surface area contributed by atoms with Crippen LogP contribution in [0, 0.1) is 20.8 Å². The first-order valence-corrected chi connectivity index (χ1v) is 6.47. The van der Waals surface area contributed by atoms with E-state index in [0.717, 1.165) is 22.6 Å². The van der Waals surface area contributed by atoms with Crippen LogP contribution < -0.4 is 5.32 Å². The van der Waals surface area contributed by atoms with Crippen LogP contribution in [0.15, 0.2) is 18.2 Å². The van der Waals surface area contributed by atoms with Crippen molar-refractivity contribution in [3.05, 3.63) is 46.3 Å². The summed E-state index contributed by atoms with van der Waals surface area (Å²) in [6.45, 7) is 6.61. The molecule has 0 aliphatic rings. The van der Waals surface area contributed by atoms with Crippen LogP contribution in [0.2, 0.25) is 0 Å². The van der Waals surface area contributed by atoms with E-state index < -0.39 is 5.97 Å². The Morgan fingerprint density at radius 2 is 2.05 bits per heavy atom. The Balaban J connectivity index is 2.17. The first-order chi connectivity index (χ1) is 9.40. The van der Waals surface area contributed by atoms with Crippen LogP contribution in [0.1, 0.15) is 32.9 Å². The van der Waals surface area contributed by atoms with Gasteiger partial charge in [-0.2, -0.15) is 5.10 Å². The molecule has 5 nitrogen and oxygen atoms in total. The highest BCUT2D eigenvalue weighted by Crippen LogP contribution is 2.19. The Hall–Kier alpha value is -2.30. The molecule has 0 atom stereocenters. The number of aryl methyl sites for hydroxylation is 3. The van der Waals surface area contributed by atoms with Gasteiger partial charge in [0.15, 0.2) is 0 Å². The van der Waals surface area contributed by atoms with Crippen molar-refractivity contribution in [2.45, 2.75) is 27.3 Å². The van der Waals surface area contributed by atoms with Gasteiger partial charge in [-0.3, -0.25) is 4.68 Å². The fourth-order valence-electron chi connectivity index (χ4n) is 2.25. The van der Waals surface area contributed by atoms with E-state index in [4.69, 9.17) is 5.11 Å². The maximum atomic E-state index is 10.9. The Bertz CT molecular complexity index is 659. The second kappa shape index (κ2) is 5.36. The molecule has 1 aromatic heterocycles. The monoisotopic (exact) mass is 273 g/mol. The normalized spacial score (nSPS) is 10.6. The van der Waals surface area contributed by atoms with Crippen LogP contribution in [0.5, 0.6) is 0 Å². The second-order valence-electron chi connectivity index (χ2n) is 4.96. The summed E-state index contributed by atoms with van der Waals surface area (Å²) in [6.07, 6.45) is 0. The van der Waals surface area contributed by atoms with Crippen LogP contribution in [0.3, 0.4) is 0 Å². The number of rotatable bonds is 4. The van der Waals surface area contributed by atoms with Gasteiger partial charge >= 0.3 is 5.97 Å². The number of nitrogens with zero attached hydrogens (tertiary/aromatic N) is 2. The molecule has 0 fully saturated rings. The SMILES string of the molecule is Cc1cc(C(=O)O)ccc1NCc1c(C)nn(C)c1C. The molecule has 0 aliphatic carbocycles. The summed E-state index contributed by atoms with van der Waals surface area (Å²) >= 11 is 0. The molecule has 1 heterocycles. The first-order valence-electron chi connectivity index (χ1n) is 6.47. The molecule has 2 N–H and O–H groups in total. The molecule has 5 heteroatoms. The molecule has 0 spiro atoms. The van der Waals surface area contributed by atoms with Gasteiger partial charge in [-0.25, -0.2) is 4.79 Å². The van der Waals surface area contributed by atoms with Crippen molar-refractivity contribution >= 4 is 11.7 Å². The average Bonchev–Trinajstić information content (AvgIpc) is 2.62. The quantitative estimate of drug-likeness (QED) is 0.898. The van der Waals surface area contributed by atoms with Crippen molar-refractivity contribution in [3.63, 3.8) is 0 Å². The van der Waals surface area contributed by atoms with E-state index >= 15 is 0 Å². The highest BCUT2D eigenvalue weighted by molar-refractivity contribution is 5.88. The van der Waals surface area contributed by atoms with Crippen molar-refractivity contribution < 1.29 is 9.90 Å². The number of carbonyl (C=O) groups is 1. The molecule has 106 valence electrons. The molecular formula is C15H19N3O2. The van der Waals surface area contributed by atoms with Crippen molar-refractivity contribution in [3.8, 4) is 0 Å². The maximum absolute atomic E-state index is 10.9. The third-order valence-corrected chi connectivity index (χ3v) is 3.59. The Morgan fingerprint density at radius 3 is 2.55 bits per heavy atom. The first kappa shape index (κ1) is 14.1. The summed E-state index contributed by atoms with van der Waals surface area (Å²) in [7, 11) is 1.93. The zero-order valence-corrected chi connectivity index (χ0v) is 12.2. The molecule has 0 aliphatic heterocycles. The Kier molecular flexibility index (Phi) is 3.79. The van der Waals surface area contributed by atoms with Gasteiger partial charge in [0.2, 0.25) is 0 Å². The van der Waals surface area contributed by atoms with Gasteiger partial charge in [-0.15, -0.1) is 0 Å². The van der Waals surface area contributed by atoms with Crippen LogP contribution in [0.25, 0.3) is 0 Å². The molecule has 0 saturated heterocycles. The van der Waals surface area contributed by atoms with E-state index in [0.29, 0.717) is 12.1 Å². The van der Waals surface area contributed by atoms with Crippen molar-refractivity contribution in [1.82, 2.24) is 9.78 Å². The lowest BCUT2D eigenvalue weighted by molar-refractivity contribution is 0.0697. The van der Waals surface area contributed by atoms with E-state index in [9.17, 15) is 4.79 Å². The molecule has 0 amide bonds. The predicted molar refractivity (Wildman–Crippen MR) is 78.1 cm³/mol. The minimum atomic E-state index is -0.904. The van der Waals surface area contributed by atoms with Crippen molar-refractivity contribution in [1.29, 1.82) is 0 Å². The topological polar surface area (TPSA) is 67.2 Å². The molecule has 0 bridgehead atoms. The summed E-state index contributed by atoms with van der Waals surface area (Å²) < 4.78 is 1.87. The zero-order chi connectivity index (χ0) is 14.9. The van der Waals surface area contributed by atoms with Gasteiger partial charge in [0.1, 0.15) is 0 Å². The minimum absolute atomic E-state index is 0.307. The molecular weight excluding hydrogens is 254 g/mol. The summed E-state index contributed by atoms with van der Waals surface area (Å²) in [5.41, 5.74) is 5.49. The third-order valence-electron chi connectivity index (χ3n) is 3.59. The fraction of sp³-hybridized carbons (Fsp3) is 0.333. The average molecular weight is 273 g/mol. The van der Waals surface area contributed by atoms with Crippen molar-refractivity contribution in [2.24, 2.45) is 7.05 Å². The number of hydrogen-bond donors (Lipinski definition) is 2. The molecule has 0 saturated carbocycles. The number of aromatic nitrogens is 2. The lowest BCUT2D eigenvalue weighted by Crippen LogP contribution is -2.05. The largest absolute Gasteiger partial charge is 0.478 e. The number of benzene rings is 1. The smallest absolute Gasteiger partial charge is 0.335 e. The molecule has 0 radical (unpaired) electrons. The fourth-order valence-corrected chi connectivity index (χ4v) is 2.25. The number of nitrogens with one attached hydrogen (secondary N) is 1. The van der Waals surface area contributed by atoms with Gasteiger partial charge in [-0.1, -0.05) is 0 Å². The van der Waals surface area contributed by atoms with Crippen LogP contribution in [-0.2, 0) is 13.6 Å². The van der Waals surface area contributed by atoms with E-state index in [-0.39, 0.29) is 0 Å². The van der Waals surface area contributed by atoms with E-state index in [1.165, 1.54) is 5.56 Å². The number of hydrogen-bond acceptors (Lipinski definition) is 3. The summed E-state index contributed by atoms with van der Waals surface area (Å²) in [5.74, 6) is -0.904. The Morgan fingerprint density at radius 1 is 1.35 bits per heavy atom. The zero-order valence-electron chi connectivity index (χ0n) is 12.2. The summed E-state index contributed by atoms with van der Waals surface area (Å²) in [4.78, 5) is 10.9. The maximum Gasteiger partial charge on any atom is 0.335 e. The van der Waals surface area contributed by atoms with Crippen LogP contribution >= 0.6 is 0 Å². The number of anilines is 1. The molecule has 0 unspecified atom stereocenters. The van der Waals surface area contributed by atoms with Crippen molar-refractivity contribution in [2.75, 3.05) is 5.32 Å². The number of aromatic carboxylic acids is 1. The molecule has 2 rings (SSSR count). The van der Waals surface area contributed by atoms with E-state index in [2.05, 4.69) is 10.4 Å². The lowest BCUT2D eigenvalue weighted by atomic mass is 10.1. The standard InChI is InChI=1S/C15H19N3O2/c1-9-7-12(15(19)20)5-6-14(9)16-8-13-10(2)17-18(4)11(13)3/h5-7,16H,8H2,1-4H3,(H,19,20). The highest BCUT2D eigenvalue weighted by atomic mass is 16.4. The van der Waals surface area contributed by atoms with E-state index in [1.807, 2.05) is 32.5 Å².